The van der Waals surface area contributed by atoms with Gasteiger partial charge in [-0.05, 0) is 18.1 Å². The van der Waals surface area contributed by atoms with Gasteiger partial charge in [0.05, 0.1) is 7.11 Å². The number of methoxy groups -OCH3 is 1. The van der Waals surface area contributed by atoms with Gasteiger partial charge in [0.15, 0.2) is 0 Å². The smallest absolute Gasteiger partial charge is 0.328 e. The molecule has 2 atom stereocenters. The van der Waals surface area contributed by atoms with Crippen molar-refractivity contribution in [3.05, 3.63) is 48.3 Å². The minimum Gasteiger partial charge on any atom is -0.467 e. The molecule has 7 heteroatoms. The Morgan fingerprint density at radius 3 is 2.46 bits per heavy atom. The van der Waals surface area contributed by atoms with E-state index in [9.17, 15) is 18.8 Å². The molecule has 0 spiro atoms. The van der Waals surface area contributed by atoms with Crippen molar-refractivity contribution in [2.45, 2.75) is 31.8 Å². The number of amides is 2. The van der Waals surface area contributed by atoms with Gasteiger partial charge in [0.25, 0.3) is 0 Å². The van der Waals surface area contributed by atoms with Crippen molar-refractivity contribution in [2.24, 2.45) is 0 Å². The molecule has 2 N–H and O–H groups in total. The zero-order valence-corrected chi connectivity index (χ0v) is 13.7. The highest BCUT2D eigenvalue weighted by molar-refractivity contribution is 5.90. The normalized spacial score (nSPS) is 12.6. The van der Waals surface area contributed by atoms with Crippen LogP contribution >= 0.6 is 0 Å². The molecule has 2 amide bonds. The van der Waals surface area contributed by atoms with Crippen LogP contribution in [0.4, 0.5) is 4.39 Å². The number of halogens is 1. The average Bonchev–Trinajstić information content (AvgIpc) is 2.54. The number of nitrogens with one attached hydrogen (secondary N) is 2. The van der Waals surface area contributed by atoms with E-state index < -0.39 is 35.7 Å². The number of carbonyl (C=O) groups is 3. The Balaban J connectivity index is 2.91. The summed E-state index contributed by atoms with van der Waals surface area (Å²) in [5.74, 6) is -2.15. The summed E-state index contributed by atoms with van der Waals surface area (Å²) in [5.41, 5.74) is 0.282. The molecule has 0 aromatic heterocycles. The second-order valence-electron chi connectivity index (χ2n) is 5.16. The van der Waals surface area contributed by atoms with Gasteiger partial charge in [0.2, 0.25) is 11.8 Å². The molecule has 130 valence electrons. The van der Waals surface area contributed by atoms with E-state index in [0.717, 1.165) is 0 Å². The summed E-state index contributed by atoms with van der Waals surface area (Å²) in [4.78, 5) is 35.4. The maximum atomic E-state index is 13.8. The first-order chi connectivity index (χ1) is 11.4. The highest BCUT2D eigenvalue weighted by atomic mass is 19.1. The lowest BCUT2D eigenvalue weighted by Gasteiger charge is -2.21. The molecule has 0 fully saturated rings. The predicted octanol–water partition coefficient (Wildman–Crippen LogP) is 1.11. The van der Waals surface area contributed by atoms with Crippen LogP contribution in [0.3, 0.4) is 0 Å². The summed E-state index contributed by atoms with van der Waals surface area (Å²) in [6, 6.07) is 4.03. The molecule has 0 saturated heterocycles. The zero-order valence-electron chi connectivity index (χ0n) is 13.7. The first kappa shape index (κ1) is 19.3. The quantitative estimate of drug-likeness (QED) is 0.550. The molecular weight excluding hydrogens is 315 g/mol. The van der Waals surface area contributed by atoms with Crippen molar-refractivity contribution in [1.82, 2.24) is 10.6 Å². The maximum absolute atomic E-state index is 13.8. The largest absolute Gasteiger partial charge is 0.467 e. The zero-order chi connectivity index (χ0) is 18.1. The van der Waals surface area contributed by atoms with Crippen molar-refractivity contribution < 1.29 is 23.5 Å². The molecule has 1 aromatic carbocycles. The van der Waals surface area contributed by atoms with E-state index in [1.54, 1.807) is 6.07 Å². The van der Waals surface area contributed by atoms with Crippen molar-refractivity contribution in [3.63, 3.8) is 0 Å². The monoisotopic (exact) mass is 336 g/mol. The molecular formula is C17H21FN2O4. The number of carbonyl (C=O) groups excluding carboxylic acids is 3. The topological polar surface area (TPSA) is 84.5 Å². The lowest BCUT2D eigenvalue weighted by molar-refractivity contribution is -0.145. The lowest BCUT2D eigenvalue weighted by Crippen LogP contribution is -2.52. The molecule has 0 aliphatic carbocycles. The van der Waals surface area contributed by atoms with Crippen LogP contribution in [0.1, 0.15) is 18.9 Å². The van der Waals surface area contributed by atoms with Gasteiger partial charge < -0.3 is 15.4 Å². The average molecular weight is 336 g/mol. The van der Waals surface area contributed by atoms with Crippen LogP contribution in [-0.4, -0.2) is 37.0 Å². The first-order valence-corrected chi connectivity index (χ1v) is 7.38. The number of ether oxygens (including phenoxy) is 1. The molecule has 24 heavy (non-hydrogen) atoms. The second kappa shape index (κ2) is 9.44. The Kier molecular flexibility index (Phi) is 7.61. The van der Waals surface area contributed by atoms with Crippen LogP contribution < -0.4 is 10.6 Å². The standard InChI is InChI=1S/C17H21FN2O4/c1-4-7-14(17(23)24-3)20-16(22)15(19-11(2)21)10-12-8-5-6-9-13(12)18/h4-6,8-9,14-15H,1,7,10H2,2-3H3,(H,19,21)(H,20,22)/t14-,15+/m1/s1. The fourth-order valence-corrected chi connectivity index (χ4v) is 2.13. The van der Waals surface area contributed by atoms with Gasteiger partial charge in [-0.15, -0.1) is 6.58 Å². The Morgan fingerprint density at radius 2 is 1.92 bits per heavy atom. The molecule has 0 unspecified atom stereocenters. The molecule has 0 aliphatic rings. The Bertz CT molecular complexity index is 618. The van der Waals surface area contributed by atoms with Crippen LogP contribution in [0.2, 0.25) is 0 Å². The third-order valence-corrected chi connectivity index (χ3v) is 3.28. The van der Waals surface area contributed by atoms with Crippen molar-refractivity contribution in [3.8, 4) is 0 Å². The summed E-state index contributed by atoms with van der Waals surface area (Å²) < 4.78 is 18.4. The molecule has 0 radical (unpaired) electrons. The Labute approximate surface area is 140 Å². The summed E-state index contributed by atoms with van der Waals surface area (Å²) in [6.07, 6.45) is 1.59. The van der Waals surface area contributed by atoms with E-state index >= 15 is 0 Å². The maximum Gasteiger partial charge on any atom is 0.328 e. The van der Waals surface area contributed by atoms with Gasteiger partial charge >= 0.3 is 5.97 Å². The summed E-state index contributed by atoms with van der Waals surface area (Å²) >= 11 is 0. The van der Waals surface area contributed by atoms with Crippen molar-refractivity contribution in [2.75, 3.05) is 7.11 Å². The summed E-state index contributed by atoms with van der Waals surface area (Å²) in [6.45, 7) is 4.77. The molecule has 1 aromatic rings. The van der Waals surface area contributed by atoms with Crippen LogP contribution in [0, 0.1) is 5.82 Å². The summed E-state index contributed by atoms with van der Waals surface area (Å²) in [5, 5.41) is 4.96. The van der Waals surface area contributed by atoms with Gasteiger partial charge in [-0.25, -0.2) is 9.18 Å². The van der Waals surface area contributed by atoms with Gasteiger partial charge in [0, 0.05) is 13.3 Å². The highest BCUT2D eigenvalue weighted by Gasteiger charge is 2.26. The fraction of sp³-hybridized carbons (Fsp3) is 0.353. The van der Waals surface area contributed by atoms with Gasteiger partial charge in [-0.2, -0.15) is 0 Å². The van der Waals surface area contributed by atoms with E-state index in [4.69, 9.17) is 0 Å². The Hall–Kier alpha value is -2.70. The third kappa shape index (κ3) is 5.83. The minimum atomic E-state index is -1.02. The third-order valence-electron chi connectivity index (χ3n) is 3.28. The van der Waals surface area contributed by atoms with Gasteiger partial charge in [-0.3, -0.25) is 9.59 Å². The van der Waals surface area contributed by atoms with E-state index in [1.807, 2.05) is 0 Å². The Morgan fingerprint density at radius 1 is 1.25 bits per heavy atom. The van der Waals surface area contributed by atoms with Crippen LogP contribution in [-0.2, 0) is 25.5 Å². The molecule has 0 heterocycles. The fourth-order valence-electron chi connectivity index (χ4n) is 2.13. The second-order valence-corrected chi connectivity index (χ2v) is 5.16. The number of rotatable bonds is 8. The van der Waals surface area contributed by atoms with E-state index in [-0.39, 0.29) is 18.4 Å². The summed E-state index contributed by atoms with van der Waals surface area (Å²) in [7, 11) is 1.20. The number of hydrogen-bond acceptors (Lipinski definition) is 4. The molecule has 0 aliphatic heterocycles. The lowest BCUT2D eigenvalue weighted by atomic mass is 10.0. The van der Waals surface area contributed by atoms with E-state index in [0.29, 0.717) is 0 Å². The van der Waals surface area contributed by atoms with E-state index in [2.05, 4.69) is 21.9 Å². The predicted molar refractivity (Wildman–Crippen MR) is 86.5 cm³/mol. The van der Waals surface area contributed by atoms with Gasteiger partial charge in [-0.1, -0.05) is 24.3 Å². The van der Waals surface area contributed by atoms with Crippen molar-refractivity contribution in [1.29, 1.82) is 0 Å². The minimum absolute atomic E-state index is 0.0416. The molecule has 0 bridgehead atoms. The van der Waals surface area contributed by atoms with Gasteiger partial charge in [0.1, 0.15) is 17.9 Å². The molecule has 1 rings (SSSR count). The van der Waals surface area contributed by atoms with Crippen LogP contribution in [0.15, 0.2) is 36.9 Å². The van der Waals surface area contributed by atoms with E-state index in [1.165, 1.54) is 38.3 Å². The number of hydrogen-bond donors (Lipinski definition) is 2. The van der Waals surface area contributed by atoms with Crippen LogP contribution in [0.5, 0.6) is 0 Å². The molecule has 0 saturated carbocycles. The highest BCUT2D eigenvalue weighted by Crippen LogP contribution is 2.10. The SMILES string of the molecule is C=CC[C@@H](NC(=O)[C@H](Cc1ccccc1F)NC(C)=O)C(=O)OC. The number of esters is 1. The number of benzene rings is 1. The van der Waals surface area contributed by atoms with Crippen LogP contribution in [0.25, 0.3) is 0 Å². The van der Waals surface area contributed by atoms with Crippen molar-refractivity contribution >= 4 is 17.8 Å². The first-order valence-electron chi connectivity index (χ1n) is 7.38. The molecule has 6 nitrogen and oxygen atoms in total.